The van der Waals surface area contributed by atoms with Crippen molar-refractivity contribution in [1.29, 1.82) is 0 Å². The first kappa shape index (κ1) is 10.7. The highest BCUT2D eigenvalue weighted by Crippen LogP contribution is 2.22. The third-order valence-electron chi connectivity index (χ3n) is 1.34. The number of thiophene rings is 1. The first-order valence-corrected chi connectivity index (χ1v) is 4.80. The van der Waals surface area contributed by atoms with Crippen molar-refractivity contribution in [3.05, 3.63) is 26.4 Å². The van der Waals surface area contributed by atoms with Gasteiger partial charge in [0, 0.05) is 5.38 Å². The van der Waals surface area contributed by atoms with E-state index in [0.717, 1.165) is 0 Å². The molecule has 1 heterocycles. The van der Waals surface area contributed by atoms with E-state index in [1.165, 1.54) is 30.6 Å². The van der Waals surface area contributed by atoms with Gasteiger partial charge in [-0.2, -0.15) is 0 Å². The van der Waals surface area contributed by atoms with Crippen molar-refractivity contribution < 1.29 is 10.0 Å². The van der Waals surface area contributed by atoms with Gasteiger partial charge in [0.25, 0.3) is 5.69 Å². The summed E-state index contributed by atoms with van der Waals surface area (Å²) < 4.78 is 0. The SMILES string of the molecule is CC(C)(O)C#Cc1cscc1[N+](=O)[O-]. The van der Waals surface area contributed by atoms with Gasteiger partial charge in [-0.1, -0.05) is 11.8 Å². The molecular weight excluding hydrogens is 202 g/mol. The second kappa shape index (κ2) is 3.78. The van der Waals surface area contributed by atoms with Gasteiger partial charge in [-0.15, -0.1) is 11.3 Å². The van der Waals surface area contributed by atoms with Crippen molar-refractivity contribution >= 4 is 17.0 Å². The molecule has 0 bridgehead atoms. The average molecular weight is 211 g/mol. The monoisotopic (exact) mass is 211 g/mol. The molecule has 5 heteroatoms. The molecule has 0 aliphatic carbocycles. The molecule has 0 fully saturated rings. The Labute approximate surface area is 85.3 Å². The summed E-state index contributed by atoms with van der Waals surface area (Å²) in [5.74, 6) is 5.11. The first-order valence-electron chi connectivity index (χ1n) is 3.86. The van der Waals surface area contributed by atoms with Crippen LogP contribution < -0.4 is 0 Å². The lowest BCUT2D eigenvalue weighted by atomic mass is 10.1. The molecule has 0 radical (unpaired) electrons. The maximum atomic E-state index is 10.5. The molecule has 0 aliphatic heterocycles. The molecule has 74 valence electrons. The van der Waals surface area contributed by atoms with Crippen LogP contribution in [0.1, 0.15) is 19.4 Å². The Morgan fingerprint density at radius 1 is 1.57 bits per heavy atom. The average Bonchev–Trinajstić information content (AvgIpc) is 2.46. The summed E-state index contributed by atoms with van der Waals surface area (Å²) >= 11 is 1.22. The van der Waals surface area contributed by atoms with Gasteiger partial charge in [-0.3, -0.25) is 10.1 Å². The zero-order chi connectivity index (χ0) is 10.8. The summed E-state index contributed by atoms with van der Waals surface area (Å²) in [5, 5.41) is 22.8. The minimum absolute atomic E-state index is 0.00764. The van der Waals surface area contributed by atoms with Gasteiger partial charge < -0.3 is 5.11 Å². The van der Waals surface area contributed by atoms with E-state index >= 15 is 0 Å². The Hall–Kier alpha value is -1.38. The van der Waals surface area contributed by atoms with E-state index in [1.54, 1.807) is 5.38 Å². The molecule has 1 aromatic rings. The second-order valence-electron chi connectivity index (χ2n) is 3.24. The molecule has 0 amide bonds. The third-order valence-corrected chi connectivity index (χ3v) is 2.07. The zero-order valence-corrected chi connectivity index (χ0v) is 8.59. The lowest BCUT2D eigenvalue weighted by Crippen LogP contribution is -2.14. The molecule has 1 aromatic heterocycles. The maximum absolute atomic E-state index is 10.5. The number of nitrogens with zero attached hydrogens (tertiary/aromatic N) is 1. The summed E-state index contributed by atoms with van der Waals surface area (Å²) in [7, 11) is 0. The van der Waals surface area contributed by atoms with Crippen LogP contribution in [0.25, 0.3) is 0 Å². The van der Waals surface area contributed by atoms with Crippen molar-refractivity contribution in [3.8, 4) is 11.8 Å². The highest BCUT2D eigenvalue weighted by Gasteiger charge is 2.13. The summed E-state index contributed by atoms with van der Waals surface area (Å²) in [6.07, 6.45) is 0. The Bertz CT molecular complexity index is 406. The van der Waals surface area contributed by atoms with Crippen molar-refractivity contribution in [3.63, 3.8) is 0 Å². The largest absolute Gasteiger partial charge is 0.378 e. The zero-order valence-electron chi connectivity index (χ0n) is 7.77. The van der Waals surface area contributed by atoms with E-state index in [2.05, 4.69) is 11.8 Å². The van der Waals surface area contributed by atoms with Gasteiger partial charge in [-0.05, 0) is 13.8 Å². The van der Waals surface area contributed by atoms with Crippen molar-refractivity contribution in [2.45, 2.75) is 19.4 Å². The predicted octanol–water partition coefficient (Wildman–Crippen LogP) is 1.78. The van der Waals surface area contributed by atoms with Gasteiger partial charge in [0.15, 0.2) is 0 Å². The molecule has 0 spiro atoms. The van der Waals surface area contributed by atoms with E-state index < -0.39 is 10.5 Å². The van der Waals surface area contributed by atoms with Crippen molar-refractivity contribution in [2.24, 2.45) is 0 Å². The highest BCUT2D eigenvalue weighted by atomic mass is 32.1. The van der Waals surface area contributed by atoms with E-state index in [4.69, 9.17) is 0 Å². The Morgan fingerprint density at radius 2 is 2.21 bits per heavy atom. The van der Waals surface area contributed by atoms with Crippen molar-refractivity contribution in [1.82, 2.24) is 0 Å². The van der Waals surface area contributed by atoms with Crippen LogP contribution in [0, 0.1) is 22.0 Å². The van der Waals surface area contributed by atoms with Crippen LogP contribution in [0.2, 0.25) is 0 Å². The minimum atomic E-state index is -1.13. The summed E-state index contributed by atoms with van der Waals surface area (Å²) in [6, 6.07) is 0. The molecule has 14 heavy (non-hydrogen) atoms. The van der Waals surface area contributed by atoms with E-state index in [-0.39, 0.29) is 5.69 Å². The van der Waals surface area contributed by atoms with Gasteiger partial charge in [0.2, 0.25) is 0 Å². The first-order chi connectivity index (χ1) is 6.40. The van der Waals surface area contributed by atoms with Crippen molar-refractivity contribution in [2.75, 3.05) is 0 Å². The molecule has 0 aromatic carbocycles. The van der Waals surface area contributed by atoms with Gasteiger partial charge in [0.1, 0.15) is 11.2 Å². The second-order valence-corrected chi connectivity index (χ2v) is 3.98. The fourth-order valence-corrected chi connectivity index (χ4v) is 1.47. The number of hydrogen-bond donors (Lipinski definition) is 1. The number of hydrogen-bond acceptors (Lipinski definition) is 4. The standard InChI is InChI=1S/C9H9NO3S/c1-9(2,11)4-3-7-5-14-6-8(7)10(12)13/h5-6,11H,1-2H3. The normalized spacial score (nSPS) is 10.5. The fraction of sp³-hybridized carbons (Fsp3) is 0.333. The van der Waals surface area contributed by atoms with Gasteiger partial charge >= 0.3 is 0 Å². The molecule has 0 saturated heterocycles. The number of nitro groups is 1. The van der Waals surface area contributed by atoms with Crippen LogP contribution in [-0.2, 0) is 0 Å². The van der Waals surface area contributed by atoms with Crippen LogP contribution in [0.15, 0.2) is 10.8 Å². The molecular formula is C9H9NO3S. The highest BCUT2D eigenvalue weighted by molar-refractivity contribution is 7.08. The van der Waals surface area contributed by atoms with Crippen LogP contribution in [0.3, 0.4) is 0 Å². The molecule has 1 rings (SSSR count). The van der Waals surface area contributed by atoms with Gasteiger partial charge in [-0.25, -0.2) is 0 Å². The summed E-state index contributed by atoms with van der Waals surface area (Å²) in [6.45, 7) is 3.05. The van der Waals surface area contributed by atoms with Crippen LogP contribution in [0.5, 0.6) is 0 Å². The quantitative estimate of drug-likeness (QED) is 0.437. The van der Waals surface area contributed by atoms with Gasteiger partial charge in [0.05, 0.1) is 10.3 Å². The number of aliphatic hydroxyl groups is 1. The summed E-state index contributed by atoms with van der Waals surface area (Å²) in [4.78, 5) is 10.0. The Morgan fingerprint density at radius 3 is 2.71 bits per heavy atom. The fourth-order valence-electron chi connectivity index (χ4n) is 0.746. The summed E-state index contributed by atoms with van der Waals surface area (Å²) in [5.41, 5.74) is -0.788. The molecule has 4 nitrogen and oxygen atoms in total. The molecule has 0 atom stereocenters. The molecule has 0 unspecified atom stereocenters. The van der Waals surface area contributed by atoms with E-state index in [0.29, 0.717) is 5.56 Å². The van der Waals surface area contributed by atoms with Crippen LogP contribution in [0.4, 0.5) is 5.69 Å². The smallest absolute Gasteiger partial charge is 0.295 e. The Balaban J connectivity index is 3.02. The minimum Gasteiger partial charge on any atom is -0.378 e. The Kier molecular flexibility index (Phi) is 2.89. The topological polar surface area (TPSA) is 63.4 Å². The molecule has 0 aliphatic rings. The lowest BCUT2D eigenvalue weighted by Gasteiger charge is -2.05. The predicted molar refractivity (Wildman–Crippen MR) is 54.1 cm³/mol. The van der Waals surface area contributed by atoms with E-state index in [1.807, 2.05) is 0 Å². The number of rotatable bonds is 1. The van der Waals surface area contributed by atoms with E-state index in [9.17, 15) is 15.2 Å². The molecule has 1 N–H and O–H groups in total. The van der Waals surface area contributed by atoms with Crippen LogP contribution >= 0.6 is 11.3 Å². The molecule has 0 saturated carbocycles. The third kappa shape index (κ3) is 2.83. The van der Waals surface area contributed by atoms with Crippen LogP contribution in [-0.4, -0.2) is 15.6 Å². The maximum Gasteiger partial charge on any atom is 0.295 e. The lowest BCUT2D eigenvalue weighted by molar-refractivity contribution is -0.384.